The third kappa shape index (κ3) is 7.27. The Morgan fingerprint density at radius 2 is 1.45 bits per heavy atom. The van der Waals surface area contributed by atoms with Gasteiger partial charge in [-0.3, -0.25) is 28.3 Å². The molecule has 4 atom stereocenters. The number of amides is 2. The normalized spacial score (nSPS) is 20.0. The lowest BCUT2D eigenvalue weighted by Gasteiger charge is -2.31. The predicted octanol–water partition coefficient (Wildman–Crippen LogP) is 5.74. The first-order valence-corrected chi connectivity index (χ1v) is 22.1. The van der Waals surface area contributed by atoms with Crippen molar-refractivity contribution in [3.05, 3.63) is 147 Å². The Balaban J connectivity index is 1.29. The average Bonchev–Trinajstić information content (AvgIpc) is 3.64. The fourth-order valence-corrected chi connectivity index (χ4v) is 11.2. The van der Waals surface area contributed by atoms with E-state index in [9.17, 15) is 19.5 Å². The molecule has 1 fully saturated rings. The number of ether oxygens (including phenoxy) is 3. The molecule has 302 valence electrons. The maximum Gasteiger partial charge on any atom is 0.297 e. The first-order valence-electron chi connectivity index (χ1n) is 19.2. The number of carbonyl (C=O) groups is 2. The maximum absolute atomic E-state index is 16.7. The van der Waals surface area contributed by atoms with Crippen molar-refractivity contribution < 1.29 is 33.0 Å². The van der Waals surface area contributed by atoms with Crippen molar-refractivity contribution in [2.24, 2.45) is 5.92 Å². The lowest BCUT2D eigenvalue weighted by molar-refractivity contribution is -0.150. The van der Waals surface area contributed by atoms with Crippen LogP contribution >= 0.6 is 0 Å². The number of rotatable bonds is 13. The molecule has 1 N–H and O–H groups in total. The highest BCUT2D eigenvalue weighted by atomic mass is 28.4. The molecule has 0 aliphatic carbocycles. The molecule has 14 heteroatoms. The van der Waals surface area contributed by atoms with Crippen molar-refractivity contribution in [3.8, 4) is 22.9 Å². The Bertz CT molecular complexity index is 2430. The number of aliphatic hydroxyl groups is 1. The SMILES string of the molecule is COc1cccn(-c2ccc(CN3C(=O)[C@]4(O[C@H](CC(=O)N(CCO)Cc5ccccc5)[C@@H]([Si](C)(C)F)[C@@H]4C)c4cc(-n5cccc(OC)c5=O)ccc43)cc2)c1=O. The van der Waals surface area contributed by atoms with Crippen molar-refractivity contribution in [2.45, 2.75) is 56.8 Å². The zero-order chi connectivity index (χ0) is 41.4. The minimum atomic E-state index is -3.66. The monoisotopic (exact) mass is 806 g/mol. The second kappa shape index (κ2) is 16.2. The molecule has 5 aromatic rings. The number of hydrogen-bond donors (Lipinski definition) is 1. The number of hydrogen-bond acceptors (Lipinski definition) is 8. The van der Waals surface area contributed by atoms with Crippen LogP contribution in [0.4, 0.5) is 9.80 Å². The zero-order valence-electron chi connectivity index (χ0n) is 33.1. The largest absolute Gasteiger partial charge is 0.491 e. The van der Waals surface area contributed by atoms with E-state index in [-0.39, 0.29) is 55.6 Å². The van der Waals surface area contributed by atoms with E-state index in [1.54, 1.807) is 85.0 Å². The van der Waals surface area contributed by atoms with E-state index < -0.39 is 43.0 Å². The van der Waals surface area contributed by atoms with Crippen LogP contribution in [0.25, 0.3) is 11.4 Å². The van der Waals surface area contributed by atoms with Crippen LogP contribution < -0.4 is 25.5 Å². The highest BCUT2D eigenvalue weighted by Gasteiger charge is 2.67. The number of benzene rings is 3. The smallest absolute Gasteiger partial charge is 0.297 e. The second-order valence-corrected chi connectivity index (χ2v) is 19.1. The molecule has 2 aromatic heterocycles. The van der Waals surface area contributed by atoms with E-state index in [0.29, 0.717) is 22.6 Å². The molecule has 2 aliphatic rings. The first kappa shape index (κ1) is 40.4. The quantitative estimate of drug-likeness (QED) is 0.118. The number of aromatic nitrogens is 2. The van der Waals surface area contributed by atoms with Crippen molar-refractivity contribution in [2.75, 3.05) is 32.3 Å². The summed E-state index contributed by atoms with van der Waals surface area (Å²) in [5, 5.41) is 9.91. The molecule has 58 heavy (non-hydrogen) atoms. The molecule has 2 aliphatic heterocycles. The van der Waals surface area contributed by atoms with Crippen LogP contribution in [-0.4, -0.2) is 72.8 Å². The molecule has 0 bridgehead atoms. The van der Waals surface area contributed by atoms with Gasteiger partial charge in [0.05, 0.1) is 45.6 Å². The number of fused-ring (bicyclic) bond motifs is 2. The summed E-state index contributed by atoms with van der Waals surface area (Å²) >= 11 is 0. The van der Waals surface area contributed by atoms with Crippen LogP contribution in [0.1, 0.15) is 30.0 Å². The Hall–Kier alpha value is -5.83. The topological polar surface area (TPSA) is 133 Å². The van der Waals surface area contributed by atoms with Gasteiger partial charge in [0.25, 0.3) is 17.0 Å². The van der Waals surface area contributed by atoms with E-state index in [0.717, 1.165) is 11.1 Å². The number of carbonyl (C=O) groups excluding carboxylic acids is 2. The number of anilines is 1. The number of halogens is 1. The van der Waals surface area contributed by atoms with Gasteiger partial charge in [0.1, 0.15) is 0 Å². The molecule has 1 spiro atoms. The van der Waals surface area contributed by atoms with Crippen LogP contribution in [0.5, 0.6) is 11.5 Å². The second-order valence-electron chi connectivity index (χ2n) is 15.3. The lowest BCUT2D eigenvalue weighted by atomic mass is 9.82. The standard InChI is InChI=1S/C44H47FN4O8Si/c1-29-40(58(4,5)45)38(26-39(51)46(23-24-50)27-30-11-7-6-8-12-30)57-44(29)34-25-33(48-22-10-14-37(56-3)42(48)53)19-20-35(34)49(43(44)54)28-31-15-17-32(18-16-31)47-21-9-13-36(55-2)41(47)52/h6-22,25,29,38,40,50H,23-24,26-28H2,1-5H3/t29-,38+,40-,44+/m0/s1. The molecule has 0 radical (unpaired) electrons. The minimum Gasteiger partial charge on any atom is -0.491 e. The van der Waals surface area contributed by atoms with Gasteiger partial charge in [0, 0.05) is 53.9 Å². The van der Waals surface area contributed by atoms with Crippen LogP contribution in [0.3, 0.4) is 0 Å². The Kier molecular flexibility index (Phi) is 11.3. The maximum atomic E-state index is 16.7. The molecule has 3 aromatic carbocycles. The third-order valence-electron chi connectivity index (χ3n) is 11.4. The summed E-state index contributed by atoms with van der Waals surface area (Å²) in [6, 6.07) is 28.4. The minimum absolute atomic E-state index is 0.0711. The summed E-state index contributed by atoms with van der Waals surface area (Å²) in [6.07, 6.45) is 2.08. The van der Waals surface area contributed by atoms with Crippen LogP contribution in [0.15, 0.2) is 119 Å². The molecule has 4 heterocycles. The zero-order valence-corrected chi connectivity index (χ0v) is 34.1. The first-order chi connectivity index (χ1) is 27.8. The number of pyridine rings is 2. The van der Waals surface area contributed by atoms with Gasteiger partial charge in [-0.2, -0.15) is 0 Å². The van der Waals surface area contributed by atoms with E-state index in [1.165, 1.54) is 28.3 Å². The Morgan fingerprint density at radius 1 is 0.845 bits per heavy atom. The highest BCUT2D eigenvalue weighted by Crippen LogP contribution is 2.60. The van der Waals surface area contributed by atoms with Crippen LogP contribution in [-0.2, 0) is 33.0 Å². The third-order valence-corrected chi connectivity index (χ3v) is 13.8. The molecular weight excluding hydrogens is 760 g/mol. The van der Waals surface area contributed by atoms with Gasteiger partial charge >= 0.3 is 0 Å². The van der Waals surface area contributed by atoms with Gasteiger partial charge in [-0.05, 0) is 78.8 Å². The fourth-order valence-electron chi connectivity index (χ4n) is 8.67. The van der Waals surface area contributed by atoms with E-state index >= 15 is 8.90 Å². The molecule has 7 rings (SSSR count). The van der Waals surface area contributed by atoms with Crippen molar-refractivity contribution in [1.29, 1.82) is 0 Å². The van der Waals surface area contributed by atoms with Gasteiger partial charge in [0.2, 0.25) is 14.3 Å². The molecule has 0 saturated carbocycles. The summed E-state index contributed by atoms with van der Waals surface area (Å²) in [5.41, 5.74) is 0.471. The van der Waals surface area contributed by atoms with E-state index in [2.05, 4.69) is 0 Å². The summed E-state index contributed by atoms with van der Waals surface area (Å²) in [4.78, 5) is 58.8. The highest BCUT2D eigenvalue weighted by molar-refractivity contribution is 6.72. The van der Waals surface area contributed by atoms with Crippen molar-refractivity contribution in [1.82, 2.24) is 14.0 Å². The molecule has 0 unspecified atom stereocenters. The van der Waals surface area contributed by atoms with Gasteiger partial charge in [-0.25, -0.2) is 0 Å². The molecule has 1 saturated heterocycles. The van der Waals surface area contributed by atoms with Gasteiger partial charge < -0.3 is 33.2 Å². The van der Waals surface area contributed by atoms with Crippen LogP contribution in [0.2, 0.25) is 18.6 Å². The Labute approximate surface area is 336 Å². The molecular formula is C44H47FN4O8Si. The van der Waals surface area contributed by atoms with Gasteiger partial charge in [-0.1, -0.05) is 49.4 Å². The number of aliphatic hydroxyl groups excluding tert-OH is 1. The fraction of sp³-hybridized carbons (Fsp3) is 0.318. The summed E-state index contributed by atoms with van der Waals surface area (Å²) in [5.74, 6) is -1.12. The molecule has 2 amide bonds. The number of methoxy groups -OCH3 is 2. The van der Waals surface area contributed by atoms with Crippen LogP contribution in [0, 0.1) is 5.92 Å². The lowest BCUT2D eigenvalue weighted by Crippen LogP contribution is -2.45. The van der Waals surface area contributed by atoms with E-state index in [4.69, 9.17) is 14.2 Å². The number of nitrogens with zero attached hydrogens (tertiary/aromatic N) is 4. The van der Waals surface area contributed by atoms with Crippen molar-refractivity contribution >= 4 is 25.9 Å². The summed E-state index contributed by atoms with van der Waals surface area (Å²) < 4.78 is 37.1. The molecule has 12 nitrogen and oxygen atoms in total. The van der Waals surface area contributed by atoms with Gasteiger partial charge in [-0.15, -0.1) is 0 Å². The Morgan fingerprint density at radius 3 is 2.03 bits per heavy atom. The predicted molar refractivity (Wildman–Crippen MR) is 220 cm³/mol. The van der Waals surface area contributed by atoms with Crippen molar-refractivity contribution in [3.63, 3.8) is 0 Å². The van der Waals surface area contributed by atoms with Gasteiger partial charge in [0.15, 0.2) is 17.1 Å². The average molecular weight is 807 g/mol. The summed E-state index contributed by atoms with van der Waals surface area (Å²) in [6.45, 7) is 5.13. The van der Waals surface area contributed by atoms with E-state index in [1.807, 2.05) is 49.4 Å². The summed E-state index contributed by atoms with van der Waals surface area (Å²) in [7, 11) is -0.809.